The van der Waals surface area contributed by atoms with Crippen LogP contribution in [0.2, 0.25) is 0 Å². The number of hydrogen-bond donors (Lipinski definition) is 1. The summed E-state index contributed by atoms with van der Waals surface area (Å²) in [5.74, 6) is 1.84. The fourth-order valence-electron chi connectivity index (χ4n) is 1.93. The van der Waals surface area contributed by atoms with Crippen LogP contribution in [0.25, 0.3) is 0 Å². The summed E-state index contributed by atoms with van der Waals surface area (Å²) in [6, 6.07) is 0. The van der Waals surface area contributed by atoms with Crippen LogP contribution in [0, 0.1) is 0 Å². The van der Waals surface area contributed by atoms with Crippen LogP contribution in [-0.4, -0.2) is 17.8 Å². The third kappa shape index (κ3) is 3.84. The monoisotopic (exact) mass is 241 g/mol. The maximum atomic E-state index is 4.44. The summed E-state index contributed by atoms with van der Waals surface area (Å²) < 4.78 is 0. The van der Waals surface area contributed by atoms with E-state index < -0.39 is 0 Å². The SMILES string of the molecule is CC1=NC(C/C=C\C=C2\C=CC=CC2)=NC(C)N1. The Morgan fingerprint density at radius 1 is 1.44 bits per heavy atom. The first kappa shape index (κ1) is 12.6. The van der Waals surface area contributed by atoms with Crippen molar-refractivity contribution >= 4 is 11.7 Å². The average Bonchev–Trinajstić information content (AvgIpc) is 2.35. The topological polar surface area (TPSA) is 36.8 Å². The number of nitrogens with one attached hydrogen (secondary N) is 1. The lowest BCUT2D eigenvalue weighted by Gasteiger charge is -2.16. The van der Waals surface area contributed by atoms with Crippen LogP contribution >= 0.6 is 0 Å². The zero-order valence-electron chi connectivity index (χ0n) is 10.9. The lowest BCUT2D eigenvalue weighted by atomic mass is 10.1. The van der Waals surface area contributed by atoms with Crippen LogP contribution in [0.4, 0.5) is 0 Å². The van der Waals surface area contributed by atoms with E-state index in [2.05, 4.69) is 57.8 Å². The molecule has 1 unspecified atom stereocenters. The largest absolute Gasteiger partial charge is 0.352 e. The Labute approximate surface area is 108 Å². The maximum Gasteiger partial charge on any atom is 0.131 e. The average molecular weight is 241 g/mol. The molecule has 0 aromatic heterocycles. The first-order valence-corrected chi connectivity index (χ1v) is 6.31. The van der Waals surface area contributed by atoms with E-state index in [9.17, 15) is 0 Å². The predicted molar refractivity (Wildman–Crippen MR) is 77.9 cm³/mol. The highest BCUT2D eigenvalue weighted by atomic mass is 15.2. The van der Waals surface area contributed by atoms with Crippen molar-refractivity contribution < 1.29 is 0 Å². The Bertz CT molecular complexity index is 476. The van der Waals surface area contributed by atoms with E-state index in [1.807, 2.05) is 13.8 Å². The molecule has 0 amide bonds. The van der Waals surface area contributed by atoms with E-state index in [-0.39, 0.29) is 6.17 Å². The summed E-state index contributed by atoms with van der Waals surface area (Å²) in [7, 11) is 0. The molecule has 1 heterocycles. The van der Waals surface area contributed by atoms with Gasteiger partial charge in [0.25, 0.3) is 0 Å². The van der Waals surface area contributed by atoms with Gasteiger partial charge in [0.15, 0.2) is 0 Å². The van der Waals surface area contributed by atoms with Crippen molar-refractivity contribution in [3.63, 3.8) is 0 Å². The minimum atomic E-state index is 0.135. The molecule has 18 heavy (non-hydrogen) atoms. The van der Waals surface area contributed by atoms with E-state index >= 15 is 0 Å². The van der Waals surface area contributed by atoms with Crippen LogP contribution in [0.3, 0.4) is 0 Å². The van der Waals surface area contributed by atoms with Gasteiger partial charge in [-0.1, -0.05) is 42.5 Å². The molecule has 0 spiro atoms. The van der Waals surface area contributed by atoms with Crippen molar-refractivity contribution in [2.24, 2.45) is 9.98 Å². The Hall–Kier alpha value is -1.90. The van der Waals surface area contributed by atoms with Gasteiger partial charge in [-0.25, -0.2) is 9.98 Å². The van der Waals surface area contributed by atoms with Crippen molar-refractivity contribution in [3.8, 4) is 0 Å². The second-order valence-electron chi connectivity index (χ2n) is 4.43. The minimum absolute atomic E-state index is 0.135. The number of amidine groups is 2. The molecule has 0 aromatic rings. The van der Waals surface area contributed by atoms with Crippen LogP contribution in [0.1, 0.15) is 26.7 Å². The smallest absolute Gasteiger partial charge is 0.131 e. The molecule has 0 bridgehead atoms. The molecule has 0 aromatic carbocycles. The fourth-order valence-corrected chi connectivity index (χ4v) is 1.93. The molecule has 0 saturated heterocycles. The molecule has 1 aliphatic carbocycles. The van der Waals surface area contributed by atoms with E-state index in [1.165, 1.54) is 5.57 Å². The summed E-state index contributed by atoms with van der Waals surface area (Å²) in [5, 5.41) is 3.16. The lowest BCUT2D eigenvalue weighted by molar-refractivity contribution is 0.685. The molecule has 0 fully saturated rings. The van der Waals surface area contributed by atoms with Gasteiger partial charge in [-0.3, -0.25) is 0 Å². The number of allylic oxidation sites excluding steroid dienone is 7. The van der Waals surface area contributed by atoms with Gasteiger partial charge in [0.05, 0.1) is 0 Å². The third-order valence-electron chi connectivity index (χ3n) is 2.72. The molecular weight excluding hydrogens is 222 g/mol. The zero-order valence-corrected chi connectivity index (χ0v) is 10.9. The van der Waals surface area contributed by atoms with Crippen molar-refractivity contribution in [1.29, 1.82) is 0 Å². The summed E-state index contributed by atoms with van der Waals surface area (Å²) in [6.45, 7) is 4.00. The Morgan fingerprint density at radius 3 is 3.06 bits per heavy atom. The second-order valence-corrected chi connectivity index (χ2v) is 4.43. The standard InChI is InChI=1S/C15H19N3/c1-12-16-13(2)18-15(17-12)11-7-6-10-14-8-4-3-5-9-14/h3-8,10,12H,9,11H2,1-2H3,(H,16,17,18)/b7-6-,14-10-. The molecule has 3 nitrogen and oxygen atoms in total. The fraction of sp³-hybridized carbons (Fsp3) is 0.333. The maximum absolute atomic E-state index is 4.44. The summed E-state index contributed by atoms with van der Waals surface area (Å²) in [5.41, 5.74) is 1.33. The molecule has 2 aliphatic rings. The van der Waals surface area contributed by atoms with E-state index in [0.717, 1.165) is 24.5 Å². The summed E-state index contributed by atoms with van der Waals surface area (Å²) in [6.07, 6.45) is 16.7. The van der Waals surface area contributed by atoms with Gasteiger partial charge in [-0.2, -0.15) is 0 Å². The molecule has 1 aliphatic heterocycles. The van der Waals surface area contributed by atoms with Gasteiger partial charge in [0.1, 0.15) is 17.8 Å². The van der Waals surface area contributed by atoms with E-state index in [0.29, 0.717) is 0 Å². The highest BCUT2D eigenvalue weighted by Crippen LogP contribution is 2.10. The quantitative estimate of drug-likeness (QED) is 0.809. The Kier molecular flexibility index (Phi) is 4.29. The van der Waals surface area contributed by atoms with Gasteiger partial charge in [0.2, 0.25) is 0 Å². The van der Waals surface area contributed by atoms with Gasteiger partial charge in [0, 0.05) is 6.42 Å². The first-order valence-electron chi connectivity index (χ1n) is 6.31. The van der Waals surface area contributed by atoms with Crippen molar-refractivity contribution in [2.45, 2.75) is 32.9 Å². The number of nitrogens with zero attached hydrogens (tertiary/aromatic N) is 2. The molecule has 3 heteroatoms. The lowest BCUT2D eigenvalue weighted by Crippen LogP contribution is -2.34. The second kappa shape index (κ2) is 6.15. The zero-order chi connectivity index (χ0) is 12.8. The van der Waals surface area contributed by atoms with Crippen LogP contribution in [0.15, 0.2) is 58.1 Å². The van der Waals surface area contributed by atoms with Gasteiger partial charge in [-0.05, 0) is 25.8 Å². The van der Waals surface area contributed by atoms with Gasteiger partial charge < -0.3 is 5.32 Å². The molecular formula is C15H19N3. The Morgan fingerprint density at radius 2 is 2.33 bits per heavy atom. The molecule has 1 atom stereocenters. The molecule has 0 radical (unpaired) electrons. The van der Waals surface area contributed by atoms with E-state index in [4.69, 9.17) is 0 Å². The van der Waals surface area contributed by atoms with Crippen molar-refractivity contribution in [1.82, 2.24) is 5.32 Å². The molecule has 94 valence electrons. The third-order valence-corrected chi connectivity index (χ3v) is 2.72. The van der Waals surface area contributed by atoms with Crippen molar-refractivity contribution in [2.75, 3.05) is 0 Å². The number of rotatable bonds is 3. The molecule has 2 rings (SSSR count). The summed E-state index contributed by atoms with van der Waals surface area (Å²) in [4.78, 5) is 8.81. The van der Waals surface area contributed by atoms with E-state index in [1.54, 1.807) is 0 Å². The number of aliphatic imine (C=N–C) groups is 2. The van der Waals surface area contributed by atoms with Gasteiger partial charge >= 0.3 is 0 Å². The molecule has 1 N–H and O–H groups in total. The predicted octanol–water partition coefficient (Wildman–Crippen LogP) is 3.14. The Balaban J connectivity index is 1.88. The highest BCUT2D eigenvalue weighted by Gasteiger charge is 2.07. The first-order chi connectivity index (χ1) is 8.74. The van der Waals surface area contributed by atoms with Crippen LogP contribution in [0.5, 0.6) is 0 Å². The number of hydrogen-bond acceptors (Lipinski definition) is 3. The molecule has 0 saturated carbocycles. The van der Waals surface area contributed by atoms with Crippen LogP contribution < -0.4 is 5.32 Å². The summed E-state index contributed by atoms with van der Waals surface area (Å²) >= 11 is 0. The minimum Gasteiger partial charge on any atom is -0.352 e. The highest BCUT2D eigenvalue weighted by molar-refractivity contribution is 5.98. The van der Waals surface area contributed by atoms with Crippen molar-refractivity contribution in [3.05, 3.63) is 48.1 Å². The van der Waals surface area contributed by atoms with Gasteiger partial charge in [-0.15, -0.1) is 0 Å². The normalized spacial score (nSPS) is 25.2. The van der Waals surface area contributed by atoms with Crippen LogP contribution in [-0.2, 0) is 0 Å².